The van der Waals surface area contributed by atoms with Gasteiger partial charge >= 0.3 is 0 Å². The van der Waals surface area contributed by atoms with Crippen LogP contribution in [0, 0.1) is 0 Å². The second-order valence-corrected chi connectivity index (χ2v) is 4.89. The highest BCUT2D eigenvalue weighted by Crippen LogP contribution is 2.32. The van der Waals surface area contributed by atoms with Crippen LogP contribution in [0.15, 0.2) is 22.7 Å². The highest BCUT2D eigenvalue weighted by Gasteiger charge is 2.21. The molecule has 0 radical (unpaired) electrons. The number of hydrogen-bond donors (Lipinski definition) is 0. The normalized spacial score (nSPS) is 16.1. The van der Waals surface area contributed by atoms with Crippen molar-refractivity contribution in [3.8, 4) is 0 Å². The number of hydrogen-bond acceptors (Lipinski definition) is 6. The second-order valence-electron chi connectivity index (χ2n) is 4.55. The van der Waals surface area contributed by atoms with Crippen molar-refractivity contribution in [2.24, 2.45) is 0 Å². The van der Waals surface area contributed by atoms with E-state index in [0.29, 0.717) is 35.8 Å². The van der Waals surface area contributed by atoms with E-state index in [1.54, 1.807) is 6.20 Å². The molecule has 6 nitrogen and oxygen atoms in total. The third kappa shape index (κ3) is 1.80. The maximum Gasteiger partial charge on any atom is 0.229 e. The molecule has 0 unspecified atom stereocenters. The molecule has 3 aromatic heterocycles. The van der Waals surface area contributed by atoms with Crippen LogP contribution in [0.2, 0.25) is 5.28 Å². The molecule has 0 aromatic carbocycles. The van der Waals surface area contributed by atoms with E-state index in [1.807, 2.05) is 12.1 Å². The molecule has 0 N–H and O–H groups in total. The lowest BCUT2D eigenvalue weighted by atomic mass is 10.3. The molecule has 7 heteroatoms. The number of anilines is 1. The summed E-state index contributed by atoms with van der Waals surface area (Å²) in [6.07, 6.45) is 1.69. The van der Waals surface area contributed by atoms with Gasteiger partial charge in [0.1, 0.15) is 5.52 Å². The van der Waals surface area contributed by atoms with E-state index >= 15 is 0 Å². The van der Waals surface area contributed by atoms with E-state index in [1.165, 1.54) is 0 Å². The minimum Gasteiger partial charge on any atom is -0.432 e. The highest BCUT2D eigenvalue weighted by atomic mass is 35.5. The van der Waals surface area contributed by atoms with Gasteiger partial charge in [-0.05, 0) is 23.7 Å². The SMILES string of the molecule is Clc1nc(N2CCOCC2)c2oc3ncccc3c2n1. The first-order chi connectivity index (χ1) is 9.83. The van der Waals surface area contributed by atoms with Crippen molar-refractivity contribution < 1.29 is 9.15 Å². The van der Waals surface area contributed by atoms with Gasteiger partial charge in [0.05, 0.1) is 18.6 Å². The van der Waals surface area contributed by atoms with Gasteiger partial charge in [0.2, 0.25) is 11.0 Å². The predicted molar refractivity (Wildman–Crippen MR) is 75.1 cm³/mol. The number of nitrogens with zero attached hydrogens (tertiary/aromatic N) is 4. The molecule has 4 heterocycles. The molecule has 0 spiro atoms. The molecular weight excluding hydrogens is 280 g/mol. The van der Waals surface area contributed by atoms with E-state index in [0.717, 1.165) is 18.5 Å². The summed E-state index contributed by atoms with van der Waals surface area (Å²) in [4.78, 5) is 14.9. The highest BCUT2D eigenvalue weighted by molar-refractivity contribution is 6.29. The lowest BCUT2D eigenvalue weighted by Gasteiger charge is -2.27. The molecule has 1 aliphatic heterocycles. The monoisotopic (exact) mass is 290 g/mol. The zero-order chi connectivity index (χ0) is 13.5. The minimum atomic E-state index is 0.213. The van der Waals surface area contributed by atoms with Crippen LogP contribution < -0.4 is 4.90 Å². The first-order valence-electron chi connectivity index (χ1n) is 6.36. The molecule has 1 fully saturated rings. The summed E-state index contributed by atoms with van der Waals surface area (Å²) in [5.74, 6) is 0.710. The number of aromatic nitrogens is 3. The maximum atomic E-state index is 6.06. The minimum absolute atomic E-state index is 0.213. The number of rotatable bonds is 1. The molecule has 1 saturated heterocycles. The van der Waals surface area contributed by atoms with Crippen molar-refractivity contribution in [3.05, 3.63) is 23.6 Å². The predicted octanol–water partition coefficient (Wildman–Crippen LogP) is 2.26. The summed E-state index contributed by atoms with van der Waals surface area (Å²) < 4.78 is 11.2. The largest absolute Gasteiger partial charge is 0.432 e. The van der Waals surface area contributed by atoms with Crippen LogP contribution >= 0.6 is 11.6 Å². The Bertz CT molecular complexity index is 782. The van der Waals surface area contributed by atoms with Crippen molar-refractivity contribution in [3.63, 3.8) is 0 Å². The van der Waals surface area contributed by atoms with E-state index in [9.17, 15) is 0 Å². The standard InChI is InChI=1S/C13H11ClN4O2/c14-13-16-9-8-2-1-3-15-12(8)20-10(9)11(17-13)18-4-6-19-7-5-18/h1-3H,4-7H2. The van der Waals surface area contributed by atoms with Crippen molar-refractivity contribution in [2.45, 2.75) is 0 Å². The van der Waals surface area contributed by atoms with Crippen LogP contribution in [0.4, 0.5) is 5.82 Å². The molecule has 1 aliphatic rings. The van der Waals surface area contributed by atoms with Gasteiger partial charge in [0.25, 0.3) is 0 Å². The van der Waals surface area contributed by atoms with Crippen LogP contribution in [0.3, 0.4) is 0 Å². The number of morpholine rings is 1. The van der Waals surface area contributed by atoms with Crippen molar-refractivity contribution in [1.29, 1.82) is 0 Å². The van der Waals surface area contributed by atoms with Crippen LogP contribution in [-0.2, 0) is 4.74 Å². The fraction of sp³-hybridized carbons (Fsp3) is 0.308. The fourth-order valence-corrected chi connectivity index (χ4v) is 2.59. The Morgan fingerprint density at radius 3 is 2.90 bits per heavy atom. The van der Waals surface area contributed by atoms with Gasteiger partial charge in [-0.15, -0.1) is 0 Å². The summed E-state index contributed by atoms with van der Waals surface area (Å²) in [6, 6.07) is 3.77. The first kappa shape index (κ1) is 11.9. The average molecular weight is 291 g/mol. The van der Waals surface area contributed by atoms with Gasteiger partial charge < -0.3 is 14.1 Å². The van der Waals surface area contributed by atoms with Gasteiger partial charge in [0, 0.05) is 19.3 Å². The Balaban J connectivity index is 1.99. The van der Waals surface area contributed by atoms with Gasteiger partial charge in [-0.25, -0.2) is 9.97 Å². The van der Waals surface area contributed by atoms with Gasteiger partial charge in [-0.3, -0.25) is 0 Å². The molecule has 102 valence electrons. The third-order valence-corrected chi connectivity index (χ3v) is 3.53. The zero-order valence-corrected chi connectivity index (χ0v) is 11.3. The topological polar surface area (TPSA) is 64.3 Å². The van der Waals surface area contributed by atoms with Crippen LogP contribution in [0.25, 0.3) is 22.2 Å². The zero-order valence-electron chi connectivity index (χ0n) is 10.5. The van der Waals surface area contributed by atoms with Crippen LogP contribution in [0.1, 0.15) is 0 Å². The molecule has 4 rings (SSSR count). The van der Waals surface area contributed by atoms with E-state index in [-0.39, 0.29) is 5.28 Å². The smallest absolute Gasteiger partial charge is 0.229 e. The van der Waals surface area contributed by atoms with E-state index in [4.69, 9.17) is 20.8 Å². The summed E-state index contributed by atoms with van der Waals surface area (Å²) in [5.41, 5.74) is 1.88. The Morgan fingerprint density at radius 1 is 1.20 bits per heavy atom. The number of fused-ring (bicyclic) bond motifs is 3. The number of halogens is 1. The number of ether oxygens (including phenoxy) is 1. The summed E-state index contributed by atoms with van der Waals surface area (Å²) >= 11 is 6.06. The fourth-order valence-electron chi connectivity index (χ4n) is 2.43. The molecule has 0 bridgehead atoms. The number of furan rings is 1. The Hall–Kier alpha value is -1.92. The molecule has 3 aromatic rings. The number of pyridine rings is 1. The maximum absolute atomic E-state index is 6.06. The van der Waals surface area contributed by atoms with Gasteiger partial charge in [-0.2, -0.15) is 4.98 Å². The third-order valence-electron chi connectivity index (χ3n) is 3.36. The van der Waals surface area contributed by atoms with Gasteiger partial charge in [-0.1, -0.05) is 0 Å². The van der Waals surface area contributed by atoms with Crippen molar-refractivity contribution in [2.75, 3.05) is 31.2 Å². The average Bonchev–Trinajstić information content (AvgIpc) is 2.86. The van der Waals surface area contributed by atoms with Crippen LogP contribution in [0.5, 0.6) is 0 Å². The first-order valence-corrected chi connectivity index (χ1v) is 6.74. The van der Waals surface area contributed by atoms with E-state index < -0.39 is 0 Å². The Labute approximate surface area is 119 Å². The quantitative estimate of drug-likeness (QED) is 0.641. The molecule has 0 amide bonds. The Morgan fingerprint density at radius 2 is 2.05 bits per heavy atom. The molecule has 20 heavy (non-hydrogen) atoms. The van der Waals surface area contributed by atoms with Crippen molar-refractivity contribution in [1.82, 2.24) is 15.0 Å². The summed E-state index contributed by atoms with van der Waals surface area (Å²) in [7, 11) is 0. The molecule has 0 saturated carbocycles. The molecule has 0 aliphatic carbocycles. The molecular formula is C13H11ClN4O2. The van der Waals surface area contributed by atoms with Crippen molar-refractivity contribution >= 4 is 39.6 Å². The molecule has 0 atom stereocenters. The lowest BCUT2D eigenvalue weighted by Crippen LogP contribution is -2.36. The second kappa shape index (κ2) is 4.57. The summed E-state index contributed by atoms with van der Waals surface area (Å²) in [5, 5.41) is 1.06. The summed E-state index contributed by atoms with van der Waals surface area (Å²) in [6.45, 7) is 2.85. The van der Waals surface area contributed by atoms with E-state index in [2.05, 4.69) is 19.9 Å². The lowest BCUT2D eigenvalue weighted by molar-refractivity contribution is 0.122. The van der Waals surface area contributed by atoms with Crippen LogP contribution in [-0.4, -0.2) is 41.3 Å². The Kier molecular flexibility index (Phi) is 2.71. The van der Waals surface area contributed by atoms with Gasteiger partial charge in [0.15, 0.2) is 11.4 Å².